The van der Waals surface area contributed by atoms with Gasteiger partial charge < -0.3 is 5.32 Å². The zero-order valence-corrected chi connectivity index (χ0v) is 16.2. The smallest absolute Gasteiger partial charge is 0.252 e. The van der Waals surface area contributed by atoms with Gasteiger partial charge in [-0.05, 0) is 42.0 Å². The Morgan fingerprint density at radius 1 is 1.00 bits per heavy atom. The van der Waals surface area contributed by atoms with E-state index in [2.05, 4.69) is 51.9 Å². The molecule has 0 unspecified atom stereocenters. The average molecular weight is 385 g/mol. The Morgan fingerprint density at radius 3 is 2.61 bits per heavy atom. The van der Waals surface area contributed by atoms with Crippen LogP contribution in [-0.2, 0) is 0 Å². The maximum atomic E-state index is 12.1. The maximum absolute atomic E-state index is 12.1. The van der Waals surface area contributed by atoms with Crippen molar-refractivity contribution in [3.63, 3.8) is 0 Å². The van der Waals surface area contributed by atoms with E-state index in [1.165, 1.54) is 0 Å². The number of hydrogen-bond acceptors (Lipinski definition) is 3. The number of carbonyl (C=O) groups is 1. The number of aromatic amines is 1. The second-order valence-electron chi connectivity index (χ2n) is 6.24. The lowest BCUT2D eigenvalue weighted by Gasteiger charge is -2.08. The zero-order valence-electron chi connectivity index (χ0n) is 15.3. The van der Waals surface area contributed by atoms with Crippen LogP contribution < -0.4 is 5.32 Å². The van der Waals surface area contributed by atoms with E-state index in [0.717, 1.165) is 32.0 Å². The molecule has 3 aromatic carbocycles. The number of nitrogens with zero attached hydrogens (tertiary/aromatic N) is 1. The first-order valence-corrected chi connectivity index (χ1v) is 9.76. The van der Waals surface area contributed by atoms with Crippen molar-refractivity contribution >= 4 is 40.7 Å². The highest BCUT2D eigenvalue weighted by atomic mass is 32.2. The van der Waals surface area contributed by atoms with Crippen molar-refractivity contribution in [2.45, 2.75) is 9.79 Å². The quantitative estimate of drug-likeness (QED) is 0.494. The van der Waals surface area contributed by atoms with Gasteiger partial charge in [-0.25, -0.2) is 0 Å². The van der Waals surface area contributed by atoms with Crippen LogP contribution in [0.2, 0.25) is 0 Å². The van der Waals surface area contributed by atoms with Crippen LogP contribution in [-0.4, -0.2) is 23.2 Å². The highest BCUT2D eigenvalue weighted by Gasteiger charge is 2.11. The molecule has 0 spiro atoms. The maximum Gasteiger partial charge on any atom is 0.252 e. The van der Waals surface area contributed by atoms with Crippen LogP contribution >= 0.6 is 11.8 Å². The lowest BCUT2D eigenvalue weighted by Crippen LogP contribution is -2.18. The Labute approximate surface area is 167 Å². The monoisotopic (exact) mass is 385 g/mol. The van der Waals surface area contributed by atoms with Gasteiger partial charge in [0.15, 0.2) is 0 Å². The van der Waals surface area contributed by atoms with Crippen molar-refractivity contribution in [3.05, 3.63) is 89.6 Å². The molecule has 28 heavy (non-hydrogen) atoms. The first-order valence-electron chi connectivity index (χ1n) is 8.95. The third-order valence-corrected chi connectivity index (χ3v) is 5.45. The Hall–Kier alpha value is -3.31. The van der Waals surface area contributed by atoms with E-state index in [-0.39, 0.29) is 5.91 Å². The third-order valence-electron chi connectivity index (χ3n) is 4.38. The lowest BCUT2D eigenvalue weighted by molar-refractivity contribution is 0.0960. The van der Waals surface area contributed by atoms with Crippen LogP contribution in [0.1, 0.15) is 21.6 Å². The van der Waals surface area contributed by atoms with Crippen molar-refractivity contribution in [1.29, 1.82) is 0 Å². The highest BCUT2D eigenvalue weighted by molar-refractivity contribution is 7.99. The van der Waals surface area contributed by atoms with Crippen LogP contribution in [0.3, 0.4) is 0 Å². The van der Waals surface area contributed by atoms with Crippen molar-refractivity contribution < 1.29 is 4.79 Å². The second kappa shape index (κ2) is 8.15. The predicted molar refractivity (Wildman–Crippen MR) is 115 cm³/mol. The summed E-state index contributed by atoms with van der Waals surface area (Å²) in [6.45, 7) is 0. The zero-order chi connectivity index (χ0) is 19.3. The minimum absolute atomic E-state index is 0.0842. The van der Waals surface area contributed by atoms with Gasteiger partial charge in [-0.1, -0.05) is 60.3 Å². The van der Waals surface area contributed by atoms with Crippen molar-refractivity contribution in [3.8, 4) is 0 Å². The first kappa shape index (κ1) is 18.1. The van der Waals surface area contributed by atoms with Gasteiger partial charge in [0, 0.05) is 22.2 Å². The van der Waals surface area contributed by atoms with E-state index >= 15 is 0 Å². The molecule has 1 heterocycles. The molecular formula is C23H19N3OS. The van der Waals surface area contributed by atoms with Crippen LogP contribution in [0.4, 0.5) is 0 Å². The summed E-state index contributed by atoms with van der Waals surface area (Å²) in [6.07, 6.45) is 4.07. The van der Waals surface area contributed by atoms with Crippen molar-refractivity contribution in [2.24, 2.45) is 0 Å². The van der Waals surface area contributed by atoms with Gasteiger partial charge in [-0.15, -0.1) is 0 Å². The molecule has 0 radical (unpaired) electrons. The number of rotatable bonds is 5. The molecule has 4 rings (SSSR count). The van der Waals surface area contributed by atoms with Gasteiger partial charge in [0.1, 0.15) is 0 Å². The third kappa shape index (κ3) is 3.85. The van der Waals surface area contributed by atoms with Gasteiger partial charge in [0.2, 0.25) is 0 Å². The van der Waals surface area contributed by atoms with Gasteiger partial charge in [-0.3, -0.25) is 9.89 Å². The van der Waals surface area contributed by atoms with Gasteiger partial charge >= 0.3 is 0 Å². The Bertz CT molecular complexity index is 1150. The molecule has 5 heteroatoms. The molecule has 4 aromatic rings. The van der Waals surface area contributed by atoms with Crippen molar-refractivity contribution in [1.82, 2.24) is 15.5 Å². The van der Waals surface area contributed by atoms with Crippen LogP contribution in [0.5, 0.6) is 0 Å². The molecule has 4 nitrogen and oxygen atoms in total. The molecule has 1 amide bonds. The standard InChI is InChI=1S/C23H19N3OS/c1-24-23(27)19-9-5-6-10-22(19)28-17-12-13-18-20(25-26-21(18)15-17)14-11-16-7-3-2-4-8-16/h2-15H,1H3,(H,24,27)(H,25,26)/b14-11+. The molecule has 0 aliphatic rings. The van der Waals surface area contributed by atoms with Gasteiger partial charge in [-0.2, -0.15) is 5.10 Å². The molecule has 0 fully saturated rings. The van der Waals surface area contributed by atoms with E-state index in [4.69, 9.17) is 0 Å². The molecule has 0 aliphatic heterocycles. The number of nitrogens with one attached hydrogen (secondary N) is 2. The topological polar surface area (TPSA) is 57.8 Å². The van der Waals surface area contributed by atoms with Gasteiger partial charge in [0.25, 0.3) is 5.91 Å². The van der Waals surface area contributed by atoms with Crippen LogP contribution in [0.25, 0.3) is 23.1 Å². The van der Waals surface area contributed by atoms with Gasteiger partial charge in [0.05, 0.1) is 16.8 Å². The molecule has 2 N–H and O–H groups in total. The van der Waals surface area contributed by atoms with E-state index in [9.17, 15) is 4.79 Å². The minimum atomic E-state index is -0.0842. The highest BCUT2D eigenvalue weighted by Crippen LogP contribution is 2.32. The summed E-state index contributed by atoms with van der Waals surface area (Å²) in [7, 11) is 1.64. The number of fused-ring (bicyclic) bond motifs is 1. The summed E-state index contributed by atoms with van der Waals surface area (Å²) < 4.78 is 0. The molecule has 0 saturated carbocycles. The molecule has 0 bridgehead atoms. The number of carbonyl (C=O) groups excluding carboxylic acids is 1. The number of hydrogen-bond donors (Lipinski definition) is 2. The fraction of sp³-hybridized carbons (Fsp3) is 0.0435. The van der Waals surface area contributed by atoms with Crippen LogP contribution in [0.15, 0.2) is 82.6 Å². The normalized spacial score (nSPS) is 11.2. The SMILES string of the molecule is CNC(=O)c1ccccc1Sc1ccc2c(/C=C/c3ccccc3)n[nH]c2c1. The number of amides is 1. The minimum Gasteiger partial charge on any atom is -0.355 e. The predicted octanol–water partition coefficient (Wildman–Crippen LogP) is 5.24. The summed E-state index contributed by atoms with van der Waals surface area (Å²) in [5.41, 5.74) is 3.68. The van der Waals surface area contributed by atoms with E-state index < -0.39 is 0 Å². The number of H-pyrrole nitrogens is 1. The average Bonchev–Trinajstić information content (AvgIpc) is 3.15. The Kier molecular flexibility index (Phi) is 5.26. The largest absolute Gasteiger partial charge is 0.355 e. The number of benzene rings is 3. The van der Waals surface area contributed by atoms with E-state index in [0.29, 0.717) is 5.56 Å². The molecular weight excluding hydrogens is 366 g/mol. The molecule has 138 valence electrons. The molecule has 0 atom stereocenters. The van der Waals surface area contributed by atoms with E-state index in [1.54, 1.807) is 18.8 Å². The Morgan fingerprint density at radius 2 is 1.79 bits per heavy atom. The molecule has 0 saturated heterocycles. The summed E-state index contributed by atoms with van der Waals surface area (Å²) in [6, 6.07) is 23.9. The second-order valence-corrected chi connectivity index (χ2v) is 7.35. The first-order chi connectivity index (χ1) is 13.7. The fourth-order valence-corrected chi connectivity index (χ4v) is 3.94. The number of aromatic nitrogens is 2. The molecule has 0 aliphatic carbocycles. The Balaban J connectivity index is 1.60. The lowest BCUT2D eigenvalue weighted by atomic mass is 10.1. The molecule has 1 aromatic heterocycles. The van der Waals surface area contributed by atoms with Crippen LogP contribution in [0, 0.1) is 0 Å². The summed E-state index contributed by atoms with van der Waals surface area (Å²) in [5.74, 6) is -0.0842. The van der Waals surface area contributed by atoms with E-state index in [1.807, 2.05) is 48.5 Å². The fourth-order valence-electron chi connectivity index (χ4n) is 2.95. The summed E-state index contributed by atoms with van der Waals surface area (Å²) >= 11 is 1.57. The summed E-state index contributed by atoms with van der Waals surface area (Å²) in [4.78, 5) is 14.0. The van der Waals surface area contributed by atoms with Crippen molar-refractivity contribution in [2.75, 3.05) is 7.05 Å². The summed E-state index contributed by atoms with van der Waals surface area (Å²) in [5, 5.41) is 11.3.